The number of carboxylic acid groups (broad SMARTS) is 1. The molecule has 19 heavy (non-hydrogen) atoms. The molecule has 2 N–H and O–H groups in total. The number of sulfonamides is 1. The third-order valence-electron chi connectivity index (χ3n) is 3.03. The van der Waals surface area contributed by atoms with Gasteiger partial charge in [0.2, 0.25) is 10.0 Å². The molecule has 0 radical (unpaired) electrons. The summed E-state index contributed by atoms with van der Waals surface area (Å²) in [5.41, 5.74) is 0.446. The summed E-state index contributed by atoms with van der Waals surface area (Å²) in [5.74, 6) is -0.969. The molecular formula is C12H16N2O4S. The monoisotopic (exact) mass is 284 g/mol. The maximum Gasteiger partial charge on any atom is 0.323 e. The Morgan fingerprint density at radius 1 is 1.42 bits per heavy atom. The van der Waals surface area contributed by atoms with Crippen LogP contribution in [0.15, 0.2) is 29.2 Å². The molecule has 0 unspecified atom stereocenters. The molecule has 0 amide bonds. The Balaban J connectivity index is 2.45. The molecule has 1 aliphatic carbocycles. The van der Waals surface area contributed by atoms with E-state index in [1.807, 2.05) is 0 Å². The van der Waals surface area contributed by atoms with Crippen LogP contribution in [-0.4, -0.2) is 39.1 Å². The van der Waals surface area contributed by atoms with Crippen LogP contribution in [0.5, 0.6) is 0 Å². The Kier molecular flexibility index (Phi) is 3.77. The van der Waals surface area contributed by atoms with Crippen molar-refractivity contribution >= 4 is 21.7 Å². The summed E-state index contributed by atoms with van der Waals surface area (Å²) in [6.45, 7) is -0.194. The molecule has 0 aromatic heterocycles. The number of aliphatic carboxylic acids is 1. The largest absolute Gasteiger partial charge is 0.480 e. The van der Waals surface area contributed by atoms with E-state index in [0.29, 0.717) is 5.69 Å². The summed E-state index contributed by atoms with van der Waals surface area (Å²) in [4.78, 5) is 12.7. The van der Waals surface area contributed by atoms with Gasteiger partial charge in [-0.25, -0.2) is 13.1 Å². The zero-order valence-corrected chi connectivity index (χ0v) is 11.4. The second-order valence-corrected chi connectivity index (χ2v) is 6.28. The first-order valence-electron chi connectivity index (χ1n) is 5.96. The van der Waals surface area contributed by atoms with E-state index < -0.39 is 16.0 Å². The van der Waals surface area contributed by atoms with Crippen LogP contribution >= 0.6 is 0 Å². The number of nitrogens with zero attached hydrogens (tertiary/aromatic N) is 1. The highest BCUT2D eigenvalue weighted by Gasteiger charge is 2.33. The molecule has 0 spiro atoms. The first-order chi connectivity index (χ1) is 8.95. The van der Waals surface area contributed by atoms with Crippen LogP contribution in [-0.2, 0) is 14.8 Å². The van der Waals surface area contributed by atoms with Crippen LogP contribution in [0, 0.1) is 0 Å². The first kappa shape index (κ1) is 13.8. The average Bonchev–Trinajstić information content (AvgIpc) is 3.20. The number of hydrogen-bond donors (Lipinski definition) is 2. The van der Waals surface area contributed by atoms with E-state index in [0.717, 1.165) is 12.8 Å². The Morgan fingerprint density at radius 2 is 2.05 bits per heavy atom. The number of nitrogens with one attached hydrogen (secondary N) is 1. The van der Waals surface area contributed by atoms with E-state index in [-0.39, 0.29) is 17.5 Å². The van der Waals surface area contributed by atoms with Gasteiger partial charge in [-0.1, -0.05) is 12.1 Å². The van der Waals surface area contributed by atoms with Gasteiger partial charge in [-0.05, 0) is 32.0 Å². The molecule has 1 aliphatic rings. The second-order valence-electron chi connectivity index (χ2n) is 4.43. The standard InChI is InChI=1S/C12H16N2O4S/c1-13-19(17,18)11-5-3-2-4-10(11)14(8-12(15)16)9-6-7-9/h2-5,9,13H,6-8H2,1H3,(H,15,16). The molecule has 6 nitrogen and oxygen atoms in total. The molecule has 0 bridgehead atoms. The van der Waals surface area contributed by atoms with Crippen LogP contribution in [0.2, 0.25) is 0 Å². The lowest BCUT2D eigenvalue weighted by molar-refractivity contribution is -0.135. The van der Waals surface area contributed by atoms with Crippen molar-refractivity contribution in [2.45, 2.75) is 23.8 Å². The van der Waals surface area contributed by atoms with Gasteiger partial charge in [0.05, 0.1) is 5.69 Å². The van der Waals surface area contributed by atoms with Crippen molar-refractivity contribution in [2.24, 2.45) is 0 Å². The third kappa shape index (κ3) is 3.05. The Hall–Kier alpha value is -1.60. The lowest BCUT2D eigenvalue weighted by atomic mass is 10.2. The topological polar surface area (TPSA) is 86.7 Å². The molecule has 7 heteroatoms. The van der Waals surface area contributed by atoms with E-state index in [9.17, 15) is 13.2 Å². The minimum absolute atomic E-state index is 0.115. The minimum Gasteiger partial charge on any atom is -0.480 e. The SMILES string of the molecule is CNS(=O)(=O)c1ccccc1N(CC(=O)O)C1CC1. The van der Waals surface area contributed by atoms with Crippen LogP contribution in [0.25, 0.3) is 0 Å². The lowest BCUT2D eigenvalue weighted by Gasteiger charge is -2.24. The molecule has 104 valence electrons. The van der Waals surface area contributed by atoms with Crippen LogP contribution < -0.4 is 9.62 Å². The molecule has 0 atom stereocenters. The molecule has 1 saturated carbocycles. The molecule has 1 fully saturated rings. The van der Waals surface area contributed by atoms with Gasteiger partial charge in [-0.2, -0.15) is 0 Å². The fourth-order valence-corrected chi connectivity index (χ4v) is 2.91. The van der Waals surface area contributed by atoms with Gasteiger partial charge < -0.3 is 10.0 Å². The highest BCUT2D eigenvalue weighted by atomic mass is 32.2. The van der Waals surface area contributed by atoms with E-state index >= 15 is 0 Å². The number of carbonyl (C=O) groups is 1. The van der Waals surface area contributed by atoms with Gasteiger partial charge >= 0.3 is 5.97 Å². The van der Waals surface area contributed by atoms with Gasteiger partial charge in [0.25, 0.3) is 0 Å². The Labute approximate surface area is 112 Å². The fourth-order valence-electron chi connectivity index (χ4n) is 1.97. The summed E-state index contributed by atoms with van der Waals surface area (Å²) >= 11 is 0. The number of carboxylic acids is 1. The molecule has 1 aromatic rings. The van der Waals surface area contributed by atoms with Gasteiger partial charge in [0.1, 0.15) is 11.4 Å². The highest BCUT2D eigenvalue weighted by Crippen LogP contribution is 2.34. The number of hydrogen-bond acceptors (Lipinski definition) is 4. The zero-order chi connectivity index (χ0) is 14.0. The summed E-state index contributed by atoms with van der Waals surface area (Å²) in [6, 6.07) is 6.58. The lowest BCUT2D eigenvalue weighted by Crippen LogP contribution is -2.33. The summed E-state index contributed by atoms with van der Waals surface area (Å²) < 4.78 is 26.2. The van der Waals surface area contributed by atoms with Crippen molar-refractivity contribution < 1.29 is 18.3 Å². The number of anilines is 1. The molecular weight excluding hydrogens is 268 g/mol. The van der Waals surface area contributed by atoms with Gasteiger partial charge in [0, 0.05) is 6.04 Å². The van der Waals surface area contributed by atoms with E-state index in [1.165, 1.54) is 13.1 Å². The van der Waals surface area contributed by atoms with E-state index in [1.54, 1.807) is 23.1 Å². The van der Waals surface area contributed by atoms with Crippen LogP contribution in [0.3, 0.4) is 0 Å². The summed E-state index contributed by atoms with van der Waals surface area (Å²) in [7, 11) is -2.26. The Morgan fingerprint density at radius 3 is 2.58 bits per heavy atom. The van der Waals surface area contributed by atoms with Gasteiger partial charge in [0.15, 0.2) is 0 Å². The molecule has 0 aliphatic heterocycles. The average molecular weight is 284 g/mol. The van der Waals surface area contributed by atoms with Gasteiger partial charge in [-0.3, -0.25) is 4.79 Å². The number of benzene rings is 1. The molecule has 2 rings (SSSR count). The quantitative estimate of drug-likeness (QED) is 0.801. The fraction of sp³-hybridized carbons (Fsp3) is 0.417. The maximum atomic E-state index is 12.0. The normalized spacial score (nSPS) is 15.2. The predicted octanol–water partition coefficient (Wildman–Crippen LogP) is 0.648. The van der Waals surface area contributed by atoms with Crippen molar-refractivity contribution in [3.8, 4) is 0 Å². The molecule has 1 aromatic carbocycles. The third-order valence-corrected chi connectivity index (χ3v) is 4.49. The Bertz CT molecular complexity index is 581. The van der Waals surface area contributed by atoms with Crippen molar-refractivity contribution in [1.82, 2.24) is 4.72 Å². The van der Waals surface area contributed by atoms with Crippen LogP contribution in [0.4, 0.5) is 5.69 Å². The maximum absolute atomic E-state index is 12.0. The summed E-state index contributed by atoms with van der Waals surface area (Å²) in [6.07, 6.45) is 1.78. The van der Waals surface area contributed by atoms with Crippen molar-refractivity contribution in [2.75, 3.05) is 18.5 Å². The predicted molar refractivity (Wildman–Crippen MR) is 70.7 cm³/mol. The van der Waals surface area contributed by atoms with E-state index in [4.69, 9.17) is 5.11 Å². The minimum atomic E-state index is -3.60. The van der Waals surface area contributed by atoms with Crippen molar-refractivity contribution in [1.29, 1.82) is 0 Å². The number of para-hydroxylation sites is 1. The molecule has 0 heterocycles. The smallest absolute Gasteiger partial charge is 0.323 e. The van der Waals surface area contributed by atoms with Crippen molar-refractivity contribution in [3.05, 3.63) is 24.3 Å². The zero-order valence-electron chi connectivity index (χ0n) is 10.5. The molecule has 0 saturated heterocycles. The second kappa shape index (κ2) is 5.18. The number of rotatable bonds is 6. The van der Waals surface area contributed by atoms with Gasteiger partial charge in [-0.15, -0.1) is 0 Å². The van der Waals surface area contributed by atoms with E-state index in [2.05, 4.69) is 4.72 Å². The summed E-state index contributed by atoms with van der Waals surface area (Å²) in [5, 5.41) is 8.97. The first-order valence-corrected chi connectivity index (χ1v) is 7.45. The highest BCUT2D eigenvalue weighted by molar-refractivity contribution is 7.89. The van der Waals surface area contributed by atoms with Crippen LogP contribution in [0.1, 0.15) is 12.8 Å². The van der Waals surface area contributed by atoms with Crippen molar-refractivity contribution in [3.63, 3.8) is 0 Å².